The molecule has 0 spiro atoms. The summed E-state index contributed by atoms with van der Waals surface area (Å²) in [7, 11) is -6.44. The average Bonchev–Trinajstić information content (AvgIpc) is 2.87. The van der Waals surface area contributed by atoms with E-state index in [4.69, 9.17) is 13.3 Å². The van der Waals surface area contributed by atoms with E-state index in [0.29, 0.717) is 6.61 Å². The van der Waals surface area contributed by atoms with E-state index in [2.05, 4.69) is 119 Å². The molecule has 0 aromatic heterocycles. The van der Waals surface area contributed by atoms with Crippen LogP contribution in [-0.2, 0) is 13.3 Å². The molecule has 0 fully saturated rings. The Labute approximate surface area is 284 Å². The number of azide groups is 1. The summed E-state index contributed by atoms with van der Waals surface area (Å²) in [5.41, 5.74) is 9.80. The molecule has 0 saturated carbocycles. The summed E-state index contributed by atoms with van der Waals surface area (Å²) in [4.78, 5) is 3.36. The van der Waals surface area contributed by atoms with Crippen LogP contribution in [0.4, 0.5) is 0 Å². The average molecular weight is 686 g/mol. The lowest BCUT2D eigenvalue weighted by Gasteiger charge is -2.47. The molecule has 0 aliphatic rings. The Hall–Kier alpha value is -0.159. The molecule has 0 aliphatic heterocycles. The van der Waals surface area contributed by atoms with E-state index in [-0.39, 0.29) is 27.3 Å². The maximum absolute atomic E-state index is 9.80. The van der Waals surface area contributed by atoms with Crippen LogP contribution in [0.25, 0.3) is 10.4 Å². The van der Waals surface area contributed by atoms with Gasteiger partial charge in [-0.15, -0.1) is 0 Å². The summed E-state index contributed by atoms with van der Waals surface area (Å²) < 4.78 is 21.2. The summed E-state index contributed by atoms with van der Waals surface area (Å²) in [5, 5.41) is 4.56. The predicted molar refractivity (Wildman–Crippen MR) is 206 cm³/mol. The van der Waals surface area contributed by atoms with Crippen LogP contribution >= 0.6 is 0 Å². The van der Waals surface area contributed by atoms with E-state index in [1.807, 2.05) is 0 Å². The minimum absolute atomic E-state index is 0.0178. The summed E-state index contributed by atoms with van der Waals surface area (Å²) in [6.45, 7) is 36.9. The van der Waals surface area contributed by atoms with Crippen LogP contribution in [0.2, 0.25) is 54.4 Å². The Morgan fingerprint density at radius 1 is 0.578 bits per heavy atom. The van der Waals surface area contributed by atoms with Crippen molar-refractivity contribution < 1.29 is 13.3 Å². The molecular formula is C36H79N3O3Si3. The molecule has 0 unspecified atom stereocenters. The number of rotatable bonds is 23. The van der Waals surface area contributed by atoms with Gasteiger partial charge in [0.2, 0.25) is 0 Å². The third-order valence-corrected chi connectivity index (χ3v) is 24.7. The van der Waals surface area contributed by atoms with E-state index in [1.165, 1.54) is 70.6 Å². The quantitative estimate of drug-likeness (QED) is 0.0353. The highest BCUT2D eigenvalue weighted by Gasteiger charge is 2.47. The number of unbranched alkanes of at least 4 members (excludes halogenated alkanes) is 11. The molecule has 0 rings (SSSR count). The van der Waals surface area contributed by atoms with Gasteiger partial charge in [0.05, 0.1) is 18.2 Å². The third-order valence-electron chi connectivity index (χ3n) is 11.2. The van der Waals surface area contributed by atoms with Crippen molar-refractivity contribution in [3.05, 3.63) is 10.4 Å². The Balaban J connectivity index is 6.01. The fourth-order valence-electron chi connectivity index (χ4n) is 4.72. The van der Waals surface area contributed by atoms with Gasteiger partial charge in [-0.1, -0.05) is 151 Å². The van der Waals surface area contributed by atoms with Crippen molar-refractivity contribution in [3.8, 4) is 0 Å². The predicted octanol–water partition coefficient (Wildman–Crippen LogP) is 13.6. The van der Waals surface area contributed by atoms with Crippen molar-refractivity contribution in [1.29, 1.82) is 0 Å². The Kier molecular flexibility index (Phi) is 19.7. The number of nitrogens with zero attached hydrogens (tertiary/aromatic N) is 3. The van der Waals surface area contributed by atoms with Crippen molar-refractivity contribution in [3.63, 3.8) is 0 Å². The van der Waals surface area contributed by atoms with Crippen LogP contribution in [0.5, 0.6) is 0 Å². The first kappa shape index (κ1) is 44.8. The topological polar surface area (TPSA) is 76.5 Å². The van der Waals surface area contributed by atoms with Crippen molar-refractivity contribution in [2.75, 3.05) is 6.61 Å². The molecule has 0 aromatic carbocycles. The van der Waals surface area contributed by atoms with E-state index in [0.717, 1.165) is 12.8 Å². The fraction of sp³-hybridized carbons (Fsp3) is 1.00. The zero-order valence-electron chi connectivity index (χ0n) is 33.2. The summed E-state index contributed by atoms with van der Waals surface area (Å²) >= 11 is 0. The van der Waals surface area contributed by atoms with Gasteiger partial charge in [-0.05, 0) is 66.3 Å². The van der Waals surface area contributed by atoms with Gasteiger partial charge in [0.15, 0.2) is 25.0 Å². The molecule has 6 nitrogen and oxygen atoms in total. The van der Waals surface area contributed by atoms with E-state index < -0.39 is 31.0 Å². The summed E-state index contributed by atoms with van der Waals surface area (Å²) in [5.74, 6) is 0. The van der Waals surface area contributed by atoms with Crippen molar-refractivity contribution in [1.82, 2.24) is 0 Å². The van der Waals surface area contributed by atoms with Gasteiger partial charge < -0.3 is 13.3 Å². The molecule has 9 heteroatoms. The third kappa shape index (κ3) is 16.7. The SMILES string of the molecule is CCCCCCCCCCCCCC[C@@H](O[Si](C)(C)C(C)(C)C)[C@@H](O[Si](C)(C)C(C)(C)C)[C@H](CO[Si](C)(C)C(C)(C)C)N=[N+]=[N-]. The molecule has 0 saturated heterocycles. The first-order valence-electron chi connectivity index (χ1n) is 18.5. The lowest BCUT2D eigenvalue weighted by atomic mass is 10.00. The van der Waals surface area contributed by atoms with Gasteiger partial charge in [-0.25, -0.2) is 0 Å². The van der Waals surface area contributed by atoms with Crippen LogP contribution in [0.1, 0.15) is 153 Å². The summed E-state index contributed by atoms with van der Waals surface area (Å²) in [6.07, 6.45) is 16.3. The monoisotopic (exact) mass is 686 g/mol. The molecular weight excluding hydrogens is 607 g/mol. The Morgan fingerprint density at radius 2 is 0.956 bits per heavy atom. The highest BCUT2D eigenvalue weighted by atomic mass is 28.4. The fourth-order valence-corrected chi connectivity index (χ4v) is 8.45. The van der Waals surface area contributed by atoms with Crippen molar-refractivity contribution in [2.45, 2.75) is 225 Å². The molecule has 0 aliphatic carbocycles. The van der Waals surface area contributed by atoms with Crippen LogP contribution in [0, 0.1) is 0 Å². The Morgan fingerprint density at radius 3 is 1.33 bits per heavy atom. The van der Waals surface area contributed by atoms with Gasteiger partial charge in [0.1, 0.15) is 0 Å². The van der Waals surface area contributed by atoms with Crippen LogP contribution in [0.15, 0.2) is 5.11 Å². The molecule has 0 bridgehead atoms. The van der Waals surface area contributed by atoms with Crippen molar-refractivity contribution in [2.24, 2.45) is 5.11 Å². The molecule has 0 radical (unpaired) electrons. The van der Waals surface area contributed by atoms with Crippen LogP contribution < -0.4 is 0 Å². The minimum atomic E-state index is -2.23. The molecule has 0 N–H and O–H groups in total. The highest BCUT2D eigenvalue weighted by Crippen LogP contribution is 2.42. The largest absolute Gasteiger partial charge is 0.416 e. The molecule has 0 amide bonds. The normalized spacial score (nSPS) is 15.9. The zero-order chi connectivity index (χ0) is 35.2. The standard InChI is InChI=1S/C36H79N3O3Si3/c1-17-18-19-20-21-22-23-24-25-26-27-28-29-32(41-44(13,14)35(5,6)7)33(42-45(15,16)36(8,9)10)31(38-39-37)30-40-43(11,12)34(2,3)4/h31-33H,17-30H2,1-16H3/t31-,32+,33-/m0/s1. The molecule has 268 valence electrons. The van der Waals surface area contributed by atoms with Gasteiger partial charge in [0, 0.05) is 11.5 Å². The van der Waals surface area contributed by atoms with E-state index in [9.17, 15) is 5.53 Å². The lowest BCUT2D eigenvalue weighted by Crippen LogP contribution is -2.56. The van der Waals surface area contributed by atoms with Gasteiger partial charge >= 0.3 is 0 Å². The number of hydrogen-bond acceptors (Lipinski definition) is 4. The second-order valence-corrected chi connectivity index (χ2v) is 32.6. The van der Waals surface area contributed by atoms with E-state index >= 15 is 0 Å². The Bertz CT molecular complexity index is 854. The molecule has 0 heterocycles. The zero-order valence-corrected chi connectivity index (χ0v) is 36.2. The van der Waals surface area contributed by atoms with Gasteiger partial charge in [0.25, 0.3) is 0 Å². The maximum atomic E-state index is 9.80. The molecule has 45 heavy (non-hydrogen) atoms. The maximum Gasteiger partial charge on any atom is 0.192 e. The smallest absolute Gasteiger partial charge is 0.192 e. The second kappa shape index (κ2) is 19.7. The van der Waals surface area contributed by atoms with Crippen LogP contribution in [-0.4, -0.2) is 49.8 Å². The second-order valence-electron chi connectivity index (χ2n) is 18.3. The highest BCUT2D eigenvalue weighted by molar-refractivity contribution is 6.75. The van der Waals surface area contributed by atoms with Gasteiger partial charge in [-0.3, -0.25) is 0 Å². The van der Waals surface area contributed by atoms with Crippen LogP contribution in [0.3, 0.4) is 0 Å². The van der Waals surface area contributed by atoms with Crippen molar-refractivity contribution >= 4 is 25.0 Å². The lowest BCUT2D eigenvalue weighted by molar-refractivity contribution is 0.00385. The summed E-state index contributed by atoms with van der Waals surface area (Å²) in [6, 6.07) is -0.439. The first-order chi connectivity index (χ1) is 20.4. The molecule has 3 atom stereocenters. The minimum Gasteiger partial charge on any atom is -0.416 e. The van der Waals surface area contributed by atoms with Gasteiger partial charge in [-0.2, -0.15) is 0 Å². The first-order valence-corrected chi connectivity index (χ1v) is 27.2. The van der Waals surface area contributed by atoms with E-state index in [1.54, 1.807) is 0 Å². The molecule has 0 aromatic rings. The number of hydrogen-bond donors (Lipinski definition) is 0.